The summed E-state index contributed by atoms with van der Waals surface area (Å²) in [5, 5.41) is 0. The number of ketones is 1. The van der Waals surface area contributed by atoms with Crippen LogP contribution in [0.3, 0.4) is 0 Å². The van der Waals surface area contributed by atoms with Crippen molar-refractivity contribution in [2.45, 2.75) is 13.3 Å². The van der Waals surface area contributed by atoms with Gasteiger partial charge in [0.25, 0.3) is 0 Å². The van der Waals surface area contributed by atoms with Crippen molar-refractivity contribution < 1.29 is 27.9 Å². The van der Waals surface area contributed by atoms with Gasteiger partial charge >= 0.3 is 13.6 Å². The van der Waals surface area contributed by atoms with Crippen LogP contribution in [-0.2, 0) is 27.9 Å². The Hall–Kier alpha value is -0.710. The van der Waals surface area contributed by atoms with E-state index in [1.54, 1.807) is 0 Å². The van der Waals surface area contributed by atoms with E-state index in [-0.39, 0.29) is 18.4 Å². The van der Waals surface area contributed by atoms with Crippen LogP contribution in [0.4, 0.5) is 0 Å². The van der Waals surface area contributed by atoms with Crippen LogP contribution in [0, 0.1) is 5.92 Å². The largest absolute Gasteiger partial charge is 0.468 e. The number of carbonyl (C=O) groups is 2. The highest BCUT2D eigenvalue weighted by molar-refractivity contribution is 7.53. The van der Waals surface area contributed by atoms with Gasteiger partial charge < -0.3 is 13.8 Å². The van der Waals surface area contributed by atoms with Gasteiger partial charge in [0.2, 0.25) is 0 Å². The highest BCUT2D eigenvalue weighted by Gasteiger charge is 2.29. The molecule has 16 heavy (non-hydrogen) atoms. The number of hydrogen-bond donors (Lipinski definition) is 0. The Labute approximate surface area is 94.8 Å². The molecule has 0 fully saturated rings. The molecular formula is C9H17O6P. The molecule has 0 aromatic carbocycles. The fourth-order valence-electron chi connectivity index (χ4n) is 1.17. The number of carbonyl (C=O) groups excluding carboxylic acids is 2. The number of Topliss-reactive ketones (excluding diaryl/α,β-unsaturated/α-hetero) is 1. The van der Waals surface area contributed by atoms with Crippen LogP contribution in [0.15, 0.2) is 0 Å². The summed E-state index contributed by atoms with van der Waals surface area (Å²) in [7, 11) is 0.524. The first-order valence-electron chi connectivity index (χ1n) is 4.69. The second-order valence-electron chi connectivity index (χ2n) is 3.17. The van der Waals surface area contributed by atoms with E-state index >= 15 is 0 Å². The highest BCUT2D eigenvalue weighted by Crippen LogP contribution is 2.47. The Kier molecular flexibility index (Phi) is 6.48. The molecule has 0 aromatic heterocycles. The van der Waals surface area contributed by atoms with E-state index in [0.717, 1.165) is 0 Å². The molecule has 0 radical (unpaired) electrons. The van der Waals surface area contributed by atoms with Gasteiger partial charge in [-0.2, -0.15) is 0 Å². The highest BCUT2D eigenvalue weighted by atomic mass is 31.2. The van der Waals surface area contributed by atoms with Gasteiger partial charge in [-0.1, -0.05) is 0 Å². The van der Waals surface area contributed by atoms with E-state index in [1.807, 2.05) is 0 Å². The van der Waals surface area contributed by atoms with E-state index in [9.17, 15) is 14.2 Å². The van der Waals surface area contributed by atoms with E-state index in [1.165, 1.54) is 28.3 Å². The van der Waals surface area contributed by atoms with Crippen LogP contribution >= 0.6 is 7.60 Å². The SMILES string of the molecule is COC(=O)C(CCP(=O)(OC)OC)C(C)=O. The van der Waals surface area contributed by atoms with Crippen molar-refractivity contribution in [3.05, 3.63) is 0 Å². The lowest BCUT2D eigenvalue weighted by Gasteiger charge is -2.16. The average Bonchev–Trinajstić information content (AvgIpc) is 2.28. The zero-order chi connectivity index (χ0) is 12.8. The van der Waals surface area contributed by atoms with Crippen LogP contribution < -0.4 is 0 Å². The summed E-state index contributed by atoms with van der Waals surface area (Å²) >= 11 is 0. The van der Waals surface area contributed by atoms with Crippen molar-refractivity contribution in [3.8, 4) is 0 Å². The molecule has 0 aliphatic rings. The van der Waals surface area contributed by atoms with Crippen LogP contribution in [0.2, 0.25) is 0 Å². The van der Waals surface area contributed by atoms with Crippen molar-refractivity contribution in [1.29, 1.82) is 0 Å². The summed E-state index contributed by atoms with van der Waals surface area (Å²) in [6.45, 7) is 1.28. The second kappa shape index (κ2) is 6.78. The van der Waals surface area contributed by atoms with Crippen LogP contribution in [-0.4, -0.2) is 39.2 Å². The fourth-order valence-corrected chi connectivity index (χ4v) is 2.26. The van der Waals surface area contributed by atoms with E-state index in [0.29, 0.717) is 0 Å². The Morgan fingerprint density at radius 1 is 1.19 bits per heavy atom. The third kappa shape index (κ3) is 4.43. The number of rotatable bonds is 7. The minimum Gasteiger partial charge on any atom is -0.468 e. The first-order valence-corrected chi connectivity index (χ1v) is 6.41. The fraction of sp³-hybridized carbons (Fsp3) is 0.778. The van der Waals surface area contributed by atoms with Crippen LogP contribution in [0.5, 0.6) is 0 Å². The molecule has 0 amide bonds. The standard InChI is InChI=1S/C9H17O6P/c1-7(10)8(9(11)13-2)5-6-16(12,14-3)15-4/h8H,5-6H2,1-4H3. The van der Waals surface area contributed by atoms with Gasteiger partial charge in [-0.05, 0) is 13.3 Å². The Balaban J connectivity index is 4.50. The molecule has 0 aliphatic heterocycles. The third-order valence-corrected chi connectivity index (χ3v) is 4.14. The van der Waals surface area contributed by atoms with E-state index in [2.05, 4.69) is 4.74 Å². The number of methoxy groups -OCH3 is 1. The lowest BCUT2D eigenvalue weighted by Crippen LogP contribution is -2.24. The van der Waals surface area contributed by atoms with Gasteiger partial charge in [-0.3, -0.25) is 14.2 Å². The van der Waals surface area contributed by atoms with E-state index in [4.69, 9.17) is 9.05 Å². The number of hydrogen-bond acceptors (Lipinski definition) is 6. The monoisotopic (exact) mass is 252 g/mol. The summed E-state index contributed by atoms with van der Waals surface area (Å²) in [6.07, 6.45) is 0.0836. The predicted octanol–water partition coefficient (Wildman–Crippen LogP) is 1.24. The molecule has 0 N–H and O–H groups in total. The lowest BCUT2D eigenvalue weighted by atomic mass is 10.0. The number of ether oxygens (including phenoxy) is 1. The summed E-state index contributed by atoms with van der Waals surface area (Å²) in [4.78, 5) is 22.4. The molecule has 1 atom stereocenters. The molecule has 0 saturated heterocycles. The minimum absolute atomic E-state index is 0.000648. The summed E-state index contributed by atoms with van der Waals surface area (Å²) in [5.74, 6) is -1.87. The van der Waals surface area contributed by atoms with Gasteiger partial charge in [0.1, 0.15) is 11.7 Å². The maximum Gasteiger partial charge on any atom is 0.330 e. The molecule has 0 bridgehead atoms. The zero-order valence-electron chi connectivity index (χ0n) is 9.89. The topological polar surface area (TPSA) is 78.9 Å². The van der Waals surface area contributed by atoms with E-state index < -0.39 is 19.5 Å². The van der Waals surface area contributed by atoms with Gasteiger partial charge in [0.15, 0.2) is 0 Å². The van der Waals surface area contributed by atoms with Crippen molar-refractivity contribution in [2.24, 2.45) is 5.92 Å². The maximum absolute atomic E-state index is 11.7. The van der Waals surface area contributed by atoms with Gasteiger partial charge in [-0.15, -0.1) is 0 Å². The van der Waals surface area contributed by atoms with Gasteiger partial charge in [-0.25, -0.2) is 0 Å². The van der Waals surface area contributed by atoms with Crippen LogP contribution in [0.1, 0.15) is 13.3 Å². The molecule has 0 spiro atoms. The molecule has 0 aromatic rings. The molecule has 0 saturated carbocycles. The second-order valence-corrected chi connectivity index (χ2v) is 5.57. The third-order valence-electron chi connectivity index (χ3n) is 2.22. The molecule has 0 aliphatic carbocycles. The Morgan fingerprint density at radius 3 is 2.00 bits per heavy atom. The van der Waals surface area contributed by atoms with Gasteiger partial charge in [0, 0.05) is 14.2 Å². The minimum atomic E-state index is -3.18. The zero-order valence-corrected chi connectivity index (χ0v) is 10.8. The average molecular weight is 252 g/mol. The molecule has 0 heterocycles. The lowest BCUT2D eigenvalue weighted by molar-refractivity contribution is -0.148. The van der Waals surface area contributed by atoms with Crippen molar-refractivity contribution in [2.75, 3.05) is 27.5 Å². The van der Waals surface area contributed by atoms with Crippen LogP contribution in [0.25, 0.3) is 0 Å². The first-order chi connectivity index (χ1) is 7.40. The predicted molar refractivity (Wildman–Crippen MR) is 57.3 cm³/mol. The first kappa shape index (κ1) is 15.3. The summed E-state index contributed by atoms with van der Waals surface area (Å²) < 4.78 is 25.6. The molecule has 7 heteroatoms. The Bertz CT molecular complexity index is 292. The smallest absolute Gasteiger partial charge is 0.330 e. The normalized spacial score (nSPS) is 13.2. The summed E-state index contributed by atoms with van der Waals surface area (Å²) in [5.41, 5.74) is 0. The summed E-state index contributed by atoms with van der Waals surface area (Å²) in [6, 6.07) is 0. The maximum atomic E-state index is 11.7. The Morgan fingerprint density at radius 2 is 1.69 bits per heavy atom. The number of esters is 1. The van der Waals surface area contributed by atoms with Gasteiger partial charge in [0.05, 0.1) is 13.3 Å². The quantitative estimate of drug-likeness (QED) is 0.385. The molecule has 94 valence electrons. The molecular weight excluding hydrogens is 235 g/mol. The van der Waals surface area contributed by atoms with Crippen molar-refractivity contribution >= 4 is 19.3 Å². The molecule has 0 rings (SSSR count). The van der Waals surface area contributed by atoms with Crippen molar-refractivity contribution in [1.82, 2.24) is 0 Å². The van der Waals surface area contributed by atoms with Crippen molar-refractivity contribution in [3.63, 3.8) is 0 Å². The molecule has 1 unspecified atom stereocenters. The molecule has 6 nitrogen and oxygen atoms in total.